The Kier molecular flexibility index (Phi) is 3.63. The van der Waals surface area contributed by atoms with Crippen molar-refractivity contribution in [3.63, 3.8) is 0 Å². The fourth-order valence-electron chi connectivity index (χ4n) is 1.61. The molecule has 0 spiro atoms. The normalized spacial score (nSPS) is 10.2. The molecule has 2 aromatic rings. The van der Waals surface area contributed by atoms with Crippen LogP contribution in [-0.4, -0.2) is 10.9 Å². The third kappa shape index (κ3) is 2.68. The van der Waals surface area contributed by atoms with Gasteiger partial charge in [-0.1, -0.05) is 29.8 Å². The van der Waals surface area contributed by atoms with Crippen LogP contribution in [0.15, 0.2) is 36.4 Å². The van der Waals surface area contributed by atoms with E-state index < -0.39 is 0 Å². The van der Waals surface area contributed by atoms with Crippen LogP contribution >= 0.6 is 11.6 Å². The van der Waals surface area contributed by atoms with Crippen molar-refractivity contribution in [1.82, 2.24) is 4.98 Å². The maximum Gasteiger partial charge on any atom is 0.274 e. The number of carbonyl (C=O) groups excluding carboxylic acids is 1. The van der Waals surface area contributed by atoms with Gasteiger partial charge in [0.2, 0.25) is 0 Å². The lowest BCUT2D eigenvalue weighted by Gasteiger charge is -2.09. The Morgan fingerprint density at radius 2 is 1.89 bits per heavy atom. The second kappa shape index (κ2) is 5.19. The molecule has 2 rings (SSSR count). The summed E-state index contributed by atoms with van der Waals surface area (Å²) in [5.74, 6) is -0.258. The van der Waals surface area contributed by atoms with Gasteiger partial charge in [0.25, 0.3) is 5.91 Å². The molecule has 1 heterocycles. The Hall–Kier alpha value is -1.87. The molecule has 0 atom stereocenters. The van der Waals surface area contributed by atoms with E-state index in [2.05, 4.69) is 10.3 Å². The summed E-state index contributed by atoms with van der Waals surface area (Å²) in [4.78, 5) is 16.0. The number of amides is 1. The van der Waals surface area contributed by atoms with Gasteiger partial charge in [0.15, 0.2) is 0 Å². The van der Waals surface area contributed by atoms with Crippen molar-refractivity contribution in [2.24, 2.45) is 0 Å². The predicted molar refractivity (Wildman–Crippen MR) is 73.1 cm³/mol. The van der Waals surface area contributed by atoms with Gasteiger partial charge in [0.1, 0.15) is 10.8 Å². The Labute approximate surface area is 111 Å². The molecule has 0 bridgehead atoms. The van der Waals surface area contributed by atoms with E-state index in [1.807, 2.05) is 32.0 Å². The molecule has 0 aliphatic heterocycles. The van der Waals surface area contributed by atoms with Crippen molar-refractivity contribution in [2.75, 3.05) is 5.32 Å². The number of hydrogen-bond acceptors (Lipinski definition) is 2. The smallest absolute Gasteiger partial charge is 0.274 e. The summed E-state index contributed by atoms with van der Waals surface area (Å²) in [7, 11) is 0. The molecule has 1 aromatic heterocycles. The second-order valence-electron chi connectivity index (χ2n) is 4.05. The third-order valence-corrected chi connectivity index (χ3v) is 3.01. The minimum Gasteiger partial charge on any atom is -0.320 e. The van der Waals surface area contributed by atoms with Crippen molar-refractivity contribution in [2.45, 2.75) is 13.8 Å². The first-order chi connectivity index (χ1) is 8.58. The topological polar surface area (TPSA) is 42.0 Å². The first-order valence-electron chi connectivity index (χ1n) is 5.58. The van der Waals surface area contributed by atoms with Crippen LogP contribution in [-0.2, 0) is 0 Å². The van der Waals surface area contributed by atoms with Gasteiger partial charge >= 0.3 is 0 Å². The van der Waals surface area contributed by atoms with E-state index in [-0.39, 0.29) is 5.91 Å². The average molecular weight is 261 g/mol. The SMILES string of the molecule is Cc1cccc(NC(=O)c2cccc(Cl)n2)c1C. The molecule has 0 aliphatic rings. The molecular formula is C14H13ClN2O. The predicted octanol–water partition coefficient (Wildman–Crippen LogP) is 3.60. The third-order valence-electron chi connectivity index (χ3n) is 2.80. The number of hydrogen-bond donors (Lipinski definition) is 1. The zero-order valence-corrected chi connectivity index (χ0v) is 11.0. The van der Waals surface area contributed by atoms with Gasteiger partial charge in [0, 0.05) is 5.69 Å². The molecule has 18 heavy (non-hydrogen) atoms. The number of anilines is 1. The van der Waals surface area contributed by atoms with E-state index in [4.69, 9.17) is 11.6 Å². The maximum atomic E-state index is 12.0. The number of halogens is 1. The molecule has 1 aromatic carbocycles. The Morgan fingerprint density at radius 1 is 1.17 bits per heavy atom. The summed E-state index contributed by atoms with van der Waals surface area (Å²) in [6.07, 6.45) is 0. The van der Waals surface area contributed by atoms with E-state index in [1.54, 1.807) is 18.2 Å². The van der Waals surface area contributed by atoms with Gasteiger partial charge in [-0.15, -0.1) is 0 Å². The van der Waals surface area contributed by atoms with Gasteiger partial charge in [-0.25, -0.2) is 4.98 Å². The summed E-state index contributed by atoms with van der Waals surface area (Å²) in [5.41, 5.74) is 3.28. The van der Waals surface area contributed by atoms with Crippen molar-refractivity contribution < 1.29 is 4.79 Å². The van der Waals surface area contributed by atoms with E-state index >= 15 is 0 Å². The Balaban J connectivity index is 2.24. The summed E-state index contributed by atoms with van der Waals surface area (Å²) < 4.78 is 0. The molecule has 0 fully saturated rings. The quantitative estimate of drug-likeness (QED) is 0.839. The zero-order valence-electron chi connectivity index (χ0n) is 10.2. The van der Waals surface area contributed by atoms with Crippen molar-refractivity contribution >= 4 is 23.2 Å². The van der Waals surface area contributed by atoms with Crippen LogP contribution in [0.4, 0.5) is 5.69 Å². The number of benzene rings is 1. The molecule has 0 unspecified atom stereocenters. The summed E-state index contributed by atoms with van der Waals surface area (Å²) in [6.45, 7) is 3.97. The molecule has 1 N–H and O–H groups in total. The lowest BCUT2D eigenvalue weighted by Crippen LogP contribution is -2.14. The Bertz CT molecular complexity index is 596. The molecule has 1 amide bonds. The van der Waals surface area contributed by atoms with E-state index in [9.17, 15) is 4.79 Å². The number of pyridine rings is 1. The van der Waals surface area contributed by atoms with Crippen LogP contribution in [0.5, 0.6) is 0 Å². The van der Waals surface area contributed by atoms with E-state index in [0.717, 1.165) is 16.8 Å². The van der Waals surface area contributed by atoms with Crippen LogP contribution in [0, 0.1) is 13.8 Å². The molecule has 0 saturated carbocycles. The number of carbonyl (C=O) groups is 1. The molecule has 92 valence electrons. The highest BCUT2D eigenvalue weighted by Crippen LogP contribution is 2.18. The number of aromatic nitrogens is 1. The summed E-state index contributed by atoms with van der Waals surface area (Å²) >= 11 is 5.76. The van der Waals surface area contributed by atoms with Crippen LogP contribution in [0.1, 0.15) is 21.6 Å². The van der Waals surface area contributed by atoms with Gasteiger partial charge in [0.05, 0.1) is 0 Å². The lowest BCUT2D eigenvalue weighted by molar-refractivity contribution is 0.102. The first-order valence-corrected chi connectivity index (χ1v) is 5.96. The van der Waals surface area contributed by atoms with Crippen LogP contribution in [0.3, 0.4) is 0 Å². The fraction of sp³-hybridized carbons (Fsp3) is 0.143. The number of rotatable bonds is 2. The number of nitrogens with zero attached hydrogens (tertiary/aromatic N) is 1. The largest absolute Gasteiger partial charge is 0.320 e. The number of nitrogens with one attached hydrogen (secondary N) is 1. The van der Waals surface area contributed by atoms with Gasteiger partial charge in [-0.3, -0.25) is 4.79 Å². The minimum atomic E-state index is -0.258. The Morgan fingerprint density at radius 3 is 2.61 bits per heavy atom. The van der Waals surface area contributed by atoms with Crippen molar-refractivity contribution in [3.05, 3.63) is 58.4 Å². The average Bonchev–Trinajstić information content (AvgIpc) is 2.35. The highest BCUT2D eigenvalue weighted by Gasteiger charge is 2.09. The summed E-state index contributed by atoms with van der Waals surface area (Å²) in [5, 5.41) is 3.14. The second-order valence-corrected chi connectivity index (χ2v) is 4.43. The van der Waals surface area contributed by atoms with Crippen LogP contribution < -0.4 is 5.32 Å². The van der Waals surface area contributed by atoms with Gasteiger partial charge < -0.3 is 5.32 Å². The molecule has 4 heteroatoms. The lowest BCUT2D eigenvalue weighted by atomic mass is 10.1. The molecule has 0 saturated heterocycles. The number of aryl methyl sites for hydroxylation is 1. The van der Waals surface area contributed by atoms with Crippen LogP contribution in [0.25, 0.3) is 0 Å². The van der Waals surface area contributed by atoms with Crippen molar-refractivity contribution in [3.8, 4) is 0 Å². The summed E-state index contributed by atoms with van der Waals surface area (Å²) in [6, 6.07) is 10.7. The monoisotopic (exact) mass is 260 g/mol. The van der Waals surface area contributed by atoms with E-state index in [0.29, 0.717) is 10.8 Å². The maximum absolute atomic E-state index is 12.0. The molecule has 0 aliphatic carbocycles. The molecule has 3 nitrogen and oxygen atoms in total. The van der Waals surface area contributed by atoms with Gasteiger partial charge in [-0.2, -0.15) is 0 Å². The highest BCUT2D eigenvalue weighted by atomic mass is 35.5. The molecule has 0 radical (unpaired) electrons. The van der Waals surface area contributed by atoms with Crippen LogP contribution in [0.2, 0.25) is 5.15 Å². The van der Waals surface area contributed by atoms with Gasteiger partial charge in [-0.05, 0) is 43.2 Å². The minimum absolute atomic E-state index is 0.258. The highest BCUT2D eigenvalue weighted by molar-refractivity contribution is 6.29. The first kappa shape index (κ1) is 12.6. The standard InChI is InChI=1S/C14H13ClN2O/c1-9-5-3-6-11(10(9)2)17-14(18)12-7-4-8-13(15)16-12/h3-8H,1-2H3,(H,17,18). The molecular weight excluding hydrogens is 248 g/mol. The zero-order chi connectivity index (χ0) is 13.1. The van der Waals surface area contributed by atoms with E-state index in [1.165, 1.54) is 0 Å². The van der Waals surface area contributed by atoms with Crippen molar-refractivity contribution in [1.29, 1.82) is 0 Å². The fourth-order valence-corrected chi connectivity index (χ4v) is 1.77.